The minimum atomic E-state index is -1.40. The summed E-state index contributed by atoms with van der Waals surface area (Å²) >= 11 is 0. The van der Waals surface area contributed by atoms with E-state index >= 15 is 0 Å². The highest BCUT2D eigenvalue weighted by atomic mass is 19.1. The number of β-amino-alcohol motifs (C(OH)–C–C–N with tert-alkyl or cyclic N) is 1. The van der Waals surface area contributed by atoms with E-state index in [2.05, 4.69) is 0 Å². The van der Waals surface area contributed by atoms with Gasteiger partial charge in [-0.2, -0.15) is 0 Å². The molecule has 1 saturated heterocycles. The van der Waals surface area contributed by atoms with Crippen LogP contribution in [0.1, 0.15) is 31.2 Å². The average molecular weight is 389 g/mol. The second kappa shape index (κ2) is 11.0. The van der Waals surface area contributed by atoms with Crippen LogP contribution >= 0.6 is 0 Å². The van der Waals surface area contributed by atoms with Crippen LogP contribution in [0.5, 0.6) is 0 Å². The fourth-order valence-electron chi connectivity index (χ4n) is 3.34. The molecule has 0 aromatic heterocycles. The molecule has 8 heteroatoms. The first-order valence-corrected chi connectivity index (χ1v) is 9.34. The quantitative estimate of drug-likeness (QED) is 0.609. The van der Waals surface area contributed by atoms with Crippen molar-refractivity contribution < 1.29 is 33.9 Å². The van der Waals surface area contributed by atoms with E-state index in [0.717, 1.165) is 31.7 Å². The van der Waals surface area contributed by atoms with Crippen LogP contribution in [0.25, 0.3) is 0 Å². The highest BCUT2D eigenvalue weighted by Crippen LogP contribution is 2.17. The predicted octanol–water partition coefficient (Wildman–Crippen LogP) is 0.801. The van der Waals surface area contributed by atoms with Crippen molar-refractivity contribution in [1.82, 2.24) is 4.90 Å². The van der Waals surface area contributed by atoms with Crippen LogP contribution in [0.15, 0.2) is 18.2 Å². The van der Waals surface area contributed by atoms with Crippen LogP contribution in [0.2, 0.25) is 0 Å². The third-order valence-corrected chi connectivity index (χ3v) is 4.75. The number of aliphatic hydroxyl groups is 4. The second-order valence-corrected chi connectivity index (χ2v) is 7.07. The first kappa shape index (κ1) is 22.1. The molecule has 0 bridgehead atoms. The normalized spacial score (nSPS) is 27.6. The molecule has 0 spiro atoms. The van der Waals surface area contributed by atoms with Crippen LogP contribution in [0.4, 0.5) is 8.78 Å². The van der Waals surface area contributed by atoms with E-state index < -0.39 is 42.7 Å². The summed E-state index contributed by atoms with van der Waals surface area (Å²) in [6.07, 6.45) is -1.71. The molecule has 0 unspecified atom stereocenters. The van der Waals surface area contributed by atoms with Crippen LogP contribution < -0.4 is 0 Å². The van der Waals surface area contributed by atoms with Gasteiger partial charge < -0.3 is 25.2 Å². The van der Waals surface area contributed by atoms with E-state index in [0.29, 0.717) is 18.7 Å². The maximum absolute atomic E-state index is 13.4. The van der Waals surface area contributed by atoms with Crippen molar-refractivity contribution in [3.05, 3.63) is 35.4 Å². The molecule has 0 radical (unpaired) electrons. The van der Waals surface area contributed by atoms with Gasteiger partial charge in [-0.05, 0) is 37.1 Å². The fourth-order valence-corrected chi connectivity index (χ4v) is 3.34. The Labute approximate surface area is 158 Å². The van der Waals surface area contributed by atoms with Gasteiger partial charge in [0.2, 0.25) is 0 Å². The number of halogens is 2. The number of rotatable bonds is 4. The molecular formula is C19H29F2NO5. The van der Waals surface area contributed by atoms with Gasteiger partial charge in [0, 0.05) is 25.8 Å². The molecule has 4 N–H and O–H groups in total. The summed E-state index contributed by atoms with van der Waals surface area (Å²) < 4.78 is 32.4. The number of nitrogens with zero attached hydrogens (tertiary/aromatic N) is 1. The molecule has 1 aromatic carbocycles. The van der Waals surface area contributed by atoms with Gasteiger partial charge in [0.25, 0.3) is 0 Å². The fraction of sp³-hybridized carbons (Fsp3) is 0.684. The number of hydrogen-bond donors (Lipinski definition) is 4. The van der Waals surface area contributed by atoms with E-state index in [9.17, 15) is 29.2 Å². The van der Waals surface area contributed by atoms with Crippen molar-refractivity contribution >= 4 is 0 Å². The molecule has 0 saturated carbocycles. The third kappa shape index (κ3) is 7.06. The Balaban J connectivity index is 2.11. The van der Waals surface area contributed by atoms with Crippen molar-refractivity contribution in [3.63, 3.8) is 0 Å². The molecule has 4 atom stereocenters. The molecule has 1 fully saturated rings. The van der Waals surface area contributed by atoms with E-state index in [1.54, 1.807) is 0 Å². The maximum atomic E-state index is 13.4. The minimum absolute atomic E-state index is 0.0390. The van der Waals surface area contributed by atoms with Gasteiger partial charge in [0.1, 0.15) is 29.9 Å². The topological polar surface area (TPSA) is 93.4 Å². The molecule has 1 aliphatic rings. The van der Waals surface area contributed by atoms with Gasteiger partial charge in [-0.25, -0.2) is 8.78 Å². The first-order valence-electron chi connectivity index (χ1n) is 9.34. The lowest BCUT2D eigenvalue weighted by atomic mass is 10.0. The van der Waals surface area contributed by atoms with Gasteiger partial charge in [-0.1, -0.05) is 12.8 Å². The predicted molar refractivity (Wildman–Crippen MR) is 94.9 cm³/mol. The number of benzene rings is 1. The molecular weight excluding hydrogens is 360 g/mol. The molecule has 1 heterocycles. The standard InChI is InChI=1S/C19H29F2NO5/c20-14-7-13(8-15(21)9-14)10-22-5-3-1-2-4-6-27-19(17(25)12-23)18(26)16(24)11-22/h7-9,16-19,23-26H,1-6,10-12H2/t16-,17+,18+,19+/m0/s1. The van der Waals surface area contributed by atoms with Crippen LogP contribution in [-0.2, 0) is 11.3 Å². The van der Waals surface area contributed by atoms with Crippen molar-refractivity contribution in [2.75, 3.05) is 26.3 Å². The highest BCUT2D eigenvalue weighted by Gasteiger charge is 2.33. The SMILES string of the molecule is OC[C@@H](O)[C@H]1OCCCCCCN(Cc2cc(F)cc(F)c2)C[C@H](O)[C@H]1O. The smallest absolute Gasteiger partial charge is 0.126 e. The number of aliphatic hydroxyl groups excluding tert-OH is 4. The van der Waals surface area contributed by atoms with E-state index in [1.165, 1.54) is 12.1 Å². The molecule has 6 nitrogen and oxygen atoms in total. The van der Waals surface area contributed by atoms with Gasteiger partial charge in [0.15, 0.2) is 0 Å². The Kier molecular flexibility index (Phi) is 9.01. The third-order valence-electron chi connectivity index (χ3n) is 4.75. The largest absolute Gasteiger partial charge is 0.394 e. The van der Waals surface area contributed by atoms with E-state index in [1.807, 2.05) is 4.90 Å². The maximum Gasteiger partial charge on any atom is 0.126 e. The zero-order valence-corrected chi connectivity index (χ0v) is 15.3. The molecule has 0 aliphatic carbocycles. The Morgan fingerprint density at radius 3 is 2.41 bits per heavy atom. The average Bonchev–Trinajstić information content (AvgIpc) is 2.61. The van der Waals surface area contributed by atoms with Crippen molar-refractivity contribution in [1.29, 1.82) is 0 Å². The molecule has 2 rings (SSSR count). The summed E-state index contributed by atoms with van der Waals surface area (Å²) in [4.78, 5) is 1.81. The van der Waals surface area contributed by atoms with E-state index in [4.69, 9.17) is 4.74 Å². The summed E-state index contributed by atoms with van der Waals surface area (Å²) in [5.41, 5.74) is 0.435. The van der Waals surface area contributed by atoms with Crippen molar-refractivity contribution in [2.24, 2.45) is 0 Å². The van der Waals surface area contributed by atoms with Crippen LogP contribution in [-0.4, -0.2) is 76.0 Å². The first-order chi connectivity index (χ1) is 12.9. The highest BCUT2D eigenvalue weighted by molar-refractivity contribution is 5.17. The molecule has 154 valence electrons. The molecule has 0 amide bonds. The van der Waals surface area contributed by atoms with Gasteiger partial charge in [0.05, 0.1) is 12.7 Å². The van der Waals surface area contributed by atoms with Crippen LogP contribution in [0, 0.1) is 11.6 Å². The Morgan fingerprint density at radius 1 is 1.07 bits per heavy atom. The van der Waals surface area contributed by atoms with Crippen LogP contribution in [0.3, 0.4) is 0 Å². The van der Waals surface area contributed by atoms with Gasteiger partial charge in [-0.15, -0.1) is 0 Å². The van der Waals surface area contributed by atoms with Gasteiger partial charge >= 0.3 is 0 Å². The Bertz CT molecular complexity index is 557. The van der Waals surface area contributed by atoms with E-state index in [-0.39, 0.29) is 13.1 Å². The number of ether oxygens (including phenoxy) is 1. The lowest BCUT2D eigenvalue weighted by molar-refractivity contribution is -0.147. The summed E-state index contributed by atoms with van der Waals surface area (Å²) in [5.74, 6) is -1.33. The minimum Gasteiger partial charge on any atom is -0.394 e. The zero-order chi connectivity index (χ0) is 19.8. The Hall–Kier alpha value is -1.16. The lowest BCUT2D eigenvalue weighted by Crippen LogP contribution is -2.51. The summed E-state index contributed by atoms with van der Waals surface area (Å²) in [6, 6.07) is 3.28. The van der Waals surface area contributed by atoms with Gasteiger partial charge in [-0.3, -0.25) is 4.90 Å². The Morgan fingerprint density at radius 2 is 1.74 bits per heavy atom. The molecule has 1 aromatic rings. The zero-order valence-electron chi connectivity index (χ0n) is 15.3. The lowest BCUT2D eigenvalue weighted by Gasteiger charge is -2.33. The molecule has 1 aliphatic heterocycles. The number of hydrogen-bond acceptors (Lipinski definition) is 6. The second-order valence-electron chi connectivity index (χ2n) is 7.07. The monoisotopic (exact) mass is 389 g/mol. The van der Waals surface area contributed by atoms with Crippen molar-refractivity contribution in [3.8, 4) is 0 Å². The molecule has 27 heavy (non-hydrogen) atoms. The summed E-state index contributed by atoms with van der Waals surface area (Å²) in [5, 5.41) is 39.9. The summed E-state index contributed by atoms with van der Waals surface area (Å²) in [6.45, 7) is 0.568. The summed E-state index contributed by atoms with van der Waals surface area (Å²) in [7, 11) is 0. The van der Waals surface area contributed by atoms with Crippen molar-refractivity contribution in [2.45, 2.75) is 56.6 Å².